The first-order valence-electron chi connectivity index (χ1n) is 5.50. The van der Waals surface area contributed by atoms with Crippen LogP contribution in [0.25, 0.3) is 0 Å². The molecule has 0 spiro atoms. The summed E-state index contributed by atoms with van der Waals surface area (Å²) in [6.07, 6.45) is 11.4. The zero-order valence-electron chi connectivity index (χ0n) is 10.8. The van der Waals surface area contributed by atoms with Crippen LogP contribution in [0.2, 0.25) is 0 Å². The first-order chi connectivity index (χ1) is 6.74. The first kappa shape index (κ1) is 24.2. The minimum absolute atomic E-state index is 0. The van der Waals surface area contributed by atoms with Crippen LogP contribution in [0.4, 0.5) is 0 Å². The molecular weight excluding hydrogens is 287 g/mol. The summed E-state index contributed by atoms with van der Waals surface area (Å²) in [5.74, 6) is 0. The fraction of sp³-hybridized carbons (Fsp3) is 0.571. The molecule has 4 radical (unpaired) electrons. The Morgan fingerprint density at radius 3 is 1.27 bits per heavy atom. The zero-order valence-corrected chi connectivity index (χ0v) is 13.6. The number of hydrogen-bond acceptors (Lipinski definition) is 0. The van der Waals surface area contributed by atoms with E-state index in [1.54, 1.807) is 12.2 Å². The average molecular weight is 313 g/mol. The molecule has 0 aliphatic carbocycles. The van der Waals surface area contributed by atoms with Gasteiger partial charge in [-0.2, -0.15) is 0 Å². The van der Waals surface area contributed by atoms with Gasteiger partial charge in [0.1, 0.15) is 6.08 Å². The van der Waals surface area contributed by atoms with Crippen LogP contribution in [0, 0.1) is 13.2 Å². The Bertz CT molecular complexity index is 96.5. The molecule has 0 aromatic heterocycles. The van der Waals surface area contributed by atoms with Gasteiger partial charge in [-0.1, -0.05) is 53.4 Å². The molecule has 0 saturated heterocycles. The molecule has 0 fully saturated rings. The topological polar surface area (TPSA) is 0 Å². The van der Waals surface area contributed by atoms with Gasteiger partial charge in [-0.3, -0.25) is 6.58 Å². The molecule has 0 nitrogen and oxygen atoms in total. The summed E-state index contributed by atoms with van der Waals surface area (Å²) in [5.41, 5.74) is 0. The van der Waals surface area contributed by atoms with E-state index in [0.717, 1.165) is 0 Å². The number of rotatable bonds is 4. The van der Waals surface area contributed by atoms with E-state index in [2.05, 4.69) is 27.7 Å². The average Bonchev–Trinajstić information content (AvgIpc) is 2.27. The molecule has 86 valence electrons. The van der Waals surface area contributed by atoms with Gasteiger partial charge in [0.25, 0.3) is 0 Å². The van der Waals surface area contributed by atoms with Crippen molar-refractivity contribution in [2.24, 2.45) is 0 Å². The fourth-order valence-electron chi connectivity index (χ4n) is 0.128. The van der Waals surface area contributed by atoms with E-state index in [1.165, 1.54) is 37.8 Å². The van der Waals surface area contributed by atoms with Crippen molar-refractivity contribution in [2.45, 2.75) is 53.4 Å². The number of unbranched alkanes of at least 4 members (excludes halogenated alkanes) is 2. The van der Waals surface area contributed by atoms with Gasteiger partial charge in [-0.05, 0) is 6.08 Å². The minimum Gasteiger partial charge on any atom is -0.291 e. The summed E-state index contributed by atoms with van der Waals surface area (Å²) in [6.45, 7) is 18.6. The van der Waals surface area contributed by atoms with Gasteiger partial charge in [-0.15, -0.1) is 6.08 Å². The van der Waals surface area contributed by atoms with Crippen LogP contribution in [-0.4, -0.2) is 23.9 Å². The second-order valence-electron chi connectivity index (χ2n) is 2.77. The molecule has 0 aliphatic heterocycles. The largest absolute Gasteiger partial charge is 0.291 e. The molecule has 0 unspecified atom stereocenters. The Hall–Kier alpha value is -0.0713. The third-order valence-electron chi connectivity index (χ3n) is 1.33. The third-order valence-corrected chi connectivity index (χ3v) is 1.33. The van der Waals surface area contributed by atoms with E-state index in [0.29, 0.717) is 0 Å². The molecule has 1 heteroatoms. The smallest absolute Gasteiger partial charge is 0.133 e. The summed E-state index contributed by atoms with van der Waals surface area (Å²) in [5, 5.41) is 0. The van der Waals surface area contributed by atoms with Crippen LogP contribution in [0.1, 0.15) is 53.4 Å². The van der Waals surface area contributed by atoms with Crippen LogP contribution in [0.15, 0.2) is 24.3 Å². The predicted octanol–water partition coefficient (Wildman–Crippen LogP) is 4.75. The van der Waals surface area contributed by atoms with Crippen LogP contribution < -0.4 is 0 Å². The van der Waals surface area contributed by atoms with Gasteiger partial charge >= 0.3 is 0 Å². The van der Waals surface area contributed by atoms with Crippen LogP contribution in [-0.2, 0) is 0 Å². The fourth-order valence-corrected chi connectivity index (χ4v) is 0.128. The Kier molecular flexibility index (Phi) is 59.9. The van der Waals surface area contributed by atoms with Crippen LogP contribution in [0.3, 0.4) is 0 Å². The molecule has 0 heterocycles. The van der Waals surface area contributed by atoms with Crippen molar-refractivity contribution in [3.05, 3.63) is 37.5 Å². The summed E-state index contributed by atoms with van der Waals surface area (Å²) in [7, 11) is 0. The number of allylic oxidation sites excluding steroid dienone is 4. The summed E-state index contributed by atoms with van der Waals surface area (Å²) in [4.78, 5) is 0. The summed E-state index contributed by atoms with van der Waals surface area (Å²) in [6, 6.07) is 0. The maximum absolute atomic E-state index is 4.93. The van der Waals surface area contributed by atoms with Gasteiger partial charge in [0.15, 0.2) is 0 Å². The zero-order chi connectivity index (χ0) is 11.7. The molecule has 15 heavy (non-hydrogen) atoms. The Morgan fingerprint density at radius 1 is 0.867 bits per heavy atom. The van der Waals surface area contributed by atoms with Gasteiger partial charge in [0.2, 0.25) is 0 Å². The van der Waals surface area contributed by atoms with E-state index in [1.807, 2.05) is 0 Å². The van der Waals surface area contributed by atoms with Crippen molar-refractivity contribution < 1.29 is 0 Å². The summed E-state index contributed by atoms with van der Waals surface area (Å²) >= 11 is 0. The van der Waals surface area contributed by atoms with E-state index in [4.69, 9.17) is 13.2 Å². The van der Waals surface area contributed by atoms with Crippen molar-refractivity contribution in [3.63, 3.8) is 0 Å². The molecule has 0 bridgehead atoms. The van der Waals surface area contributed by atoms with E-state index >= 15 is 0 Å². The van der Waals surface area contributed by atoms with Crippen LogP contribution in [0.5, 0.6) is 0 Å². The number of hydrogen-bond donors (Lipinski definition) is 0. The van der Waals surface area contributed by atoms with E-state index in [-0.39, 0.29) is 23.9 Å². The molecule has 0 amide bonds. The second kappa shape index (κ2) is 37.0. The first-order valence-corrected chi connectivity index (χ1v) is 5.50. The quantitative estimate of drug-likeness (QED) is 0.399. The van der Waals surface area contributed by atoms with Crippen molar-refractivity contribution in [1.29, 1.82) is 0 Å². The van der Waals surface area contributed by atoms with Crippen molar-refractivity contribution >= 4 is 23.9 Å². The predicted molar refractivity (Wildman–Crippen MR) is 73.8 cm³/mol. The molecule has 0 N–H and O–H groups in total. The van der Waals surface area contributed by atoms with Gasteiger partial charge in [-0.25, -0.2) is 6.08 Å². The maximum atomic E-state index is 4.93. The van der Waals surface area contributed by atoms with Gasteiger partial charge < -0.3 is 0 Å². The maximum Gasteiger partial charge on any atom is 0.133 e. The van der Waals surface area contributed by atoms with Crippen LogP contribution >= 0.6 is 0 Å². The van der Waals surface area contributed by atoms with E-state index < -0.39 is 0 Å². The molecule has 0 aromatic rings. The van der Waals surface area contributed by atoms with E-state index in [9.17, 15) is 0 Å². The summed E-state index contributed by atoms with van der Waals surface area (Å²) < 4.78 is 0. The molecule has 0 saturated carbocycles. The SMILES string of the molecule is CCCC.CCCC.[CH+]=C/C=C\C=[CH-].[Sn]. The van der Waals surface area contributed by atoms with Gasteiger partial charge in [0.05, 0.1) is 0 Å². The molecule has 0 rings (SSSR count). The third kappa shape index (κ3) is 81.6. The standard InChI is InChI=1S/C6H6.2C4H10.Sn/c1-3-5-6-4-2;2*1-3-4-2;/h1-6H;2*3-4H2,1-2H3;/b6-5-;;;. The molecule has 0 aromatic carbocycles. The Labute approximate surface area is 115 Å². The molecule has 0 atom stereocenters. The van der Waals surface area contributed by atoms with Gasteiger partial charge in [0, 0.05) is 30.5 Å². The normalized spacial score (nSPS) is 7.40. The Morgan fingerprint density at radius 2 is 1.20 bits per heavy atom. The Balaban J connectivity index is -0.0000000606. The van der Waals surface area contributed by atoms with Crippen molar-refractivity contribution in [2.75, 3.05) is 0 Å². The second-order valence-corrected chi connectivity index (χ2v) is 2.77. The minimum atomic E-state index is 0. The molecular formula is C14H26Sn. The van der Waals surface area contributed by atoms with Crippen molar-refractivity contribution in [3.8, 4) is 0 Å². The molecule has 0 aliphatic rings. The monoisotopic (exact) mass is 314 g/mol. The van der Waals surface area contributed by atoms with Crippen molar-refractivity contribution in [1.82, 2.24) is 0 Å².